The highest BCUT2D eigenvalue weighted by Crippen LogP contribution is 2.48. The third kappa shape index (κ3) is 3.50. The summed E-state index contributed by atoms with van der Waals surface area (Å²) in [4.78, 5) is 23.4. The molecule has 2 heterocycles. The van der Waals surface area contributed by atoms with E-state index >= 15 is 0 Å². The maximum Gasteiger partial charge on any atom is 0.225 e. The highest BCUT2D eigenvalue weighted by molar-refractivity contribution is 5.83. The van der Waals surface area contributed by atoms with Crippen molar-refractivity contribution in [3.8, 4) is 0 Å². The van der Waals surface area contributed by atoms with Gasteiger partial charge in [0.2, 0.25) is 11.9 Å². The molecule has 0 bridgehead atoms. The van der Waals surface area contributed by atoms with Crippen LogP contribution < -0.4 is 10.2 Å². The summed E-state index contributed by atoms with van der Waals surface area (Å²) in [6.45, 7) is 3.91. The molecule has 0 spiro atoms. The molecule has 5 heteroatoms. The summed E-state index contributed by atoms with van der Waals surface area (Å²) in [5, 5.41) is 3.27. The van der Waals surface area contributed by atoms with Gasteiger partial charge in [-0.15, -0.1) is 0 Å². The molecule has 0 unspecified atom stereocenters. The van der Waals surface area contributed by atoms with E-state index in [2.05, 4.69) is 51.4 Å². The van der Waals surface area contributed by atoms with E-state index in [9.17, 15) is 4.79 Å². The lowest BCUT2D eigenvalue weighted by Gasteiger charge is -2.32. The summed E-state index contributed by atoms with van der Waals surface area (Å²) in [5.41, 5.74) is 2.62. The Morgan fingerprint density at radius 3 is 2.56 bits per heavy atom. The Hall–Kier alpha value is -2.43. The van der Waals surface area contributed by atoms with Gasteiger partial charge in [-0.2, -0.15) is 0 Å². The number of carbonyl (C=O) groups excluding carboxylic acids is 1. The number of nitrogens with one attached hydrogen (secondary N) is 1. The van der Waals surface area contributed by atoms with Crippen LogP contribution in [0, 0.1) is 12.8 Å². The van der Waals surface area contributed by atoms with Crippen molar-refractivity contribution in [2.45, 2.75) is 38.1 Å². The zero-order chi connectivity index (χ0) is 17.2. The van der Waals surface area contributed by atoms with Gasteiger partial charge in [0.25, 0.3) is 0 Å². The fraction of sp³-hybridized carbons (Fsp3) is 0.450. The van der Waals surface area contributed by atoms with Gasteiger partial charge in [0, 0.05) is 37.4 Å². The minimum Gasteiger partial charge on any atom is -0.353 e. The Morgan fingerprint density at radius 1 is 1.12 bits per heavy atom. The summed E-state index contributed by atoms with van der Waals surface area (Å²) < 4.78 is 0. The molecule has 5 nitrogen and oxygen atoms in total. The fourth-order valence-corrected chi connectivity index (χ4v) is 3.82. The van der Waals surface area contributed by atoms with E-state index in [0.717, 1.165) is 38.3 Å². The molecule has 1 saturated heterocycles. The molecular formula is C20H24N4O. The van der Waals surface area contributed by atoms with Crippen molar-refractivity contribution >= 4 is 11.9 Å². The Balaban J connectivity index is 1.28. The monoisotopic (exact) mass is 336 g/mol. The number of hydrogen-bond donors (Lipinski definition) is 1. The molecule has 1 N–H and O–H groups in total. The van der Waals surface area contributed by atoms with Crippen LogP contribution in [0.25, 0.3) is 0 Å². The third-order valence-corrected chi connectivity index (χ3v) is 5.39. The fourth-order valence-electron chi connectivity index (χ4n) is 3.82. The van der Waals surface area contributed by atoms with Gasteiger partial charge in [-0.05, 0) is 49.3 Å². The van der Waals surface area contributed by atoms with E-state index in [1.54, 1.807) is 12.4 Å². The van der Waals surface area contributed by atoms with Crippen molar-refractivity contribution in [1.29, 1.82) is 0 Å². The first-order valence-corrected chi connectivity index (χ1v) is 9.10. The number of nitrogens with zero attached hydrogens (tertiary/aromatic N) is 3. The lowest BCUT2D eigenvalue weighted by atomic mass is 10.0. The first-order valence-electron chi connectivity index (χ1n) is 9.10. The van der Waals surface area contributed by atoms with Crippen molar-refractivity contribution in [3.63, 3.8) is 0 Å². The highest BCUT2D eigenvalue weighted by atomic mass is 16.2. The second kappa shape index (κ2) is 6.82. The van der Waals surface area contributed by atoms with Gasteiger partial charge in [-0.25, -0.2) is 9.97 Å². The predicted octanol–water partition coefficient (Wildman–Crippen LogP) is 2.67. The van der Waals surface area contributed by atoms with Crippen molar-refractivity contribution < 1.29 is 4.79 Å². The van der Waals surface area contributed by atoms with Gasteiger partial charge in [-0.1, -0.05) is 24.3 Å². The molecular weight excluding hydrogens is 312 g/mol. The van der Waals surface area contributed by atoms with Gasteiger partial charge in [0.05, 0.1) is 0 Å². The van der Waals surface area contributed by atoms with Gasteiger partial charge in [0.15, 0.2) is 0 Å². The SMILES string of the molecule is Cc1ccccc1[C@H]1C[C@H]1C(=O)NC1CCN(c2ncccn2)CC1. The smallest absolute Gasteiger partial charge is 0.225 e. The number of carbonyl (C=O) groups is 1. The Morgan fingerprint density at radius 2 is 1.84 bits per heavy atom. The lowest BCUT2D eigenvalue weighted by Crippen LogP contribution is -2.45. The average Bonchev–Trinajstić information content (AvgIpc) is 3.44. The molecule has 1 saturated carbocycles. The quantitative estimate of drug-likeness (QED) is 0.932. The van der Waals surface area contributed by atoms with Crippen LogP contribution in [0.1, 0.15) is 36.3 Å². The van der Waals surface area contributed by atoms with E-state index in [1.807, 2.05) is 6.07 Å². The van der Waals surface area contributed by atoms with E-state index in [1.165, 1.54) is 11.1 Å². The normalized spacial score (nSPS) is 23.3. The molecule has 2 fully saturated rings. The lowest BCUT2D eigenvalue weighted by molar-refractivity contribution is -0.123. The number of piperidine rings is 1. The zero-order valence-corrected chi connectivity index (χ0v) is 14.6. The van der Waals surface area contributed by atoms with Crippen molar-refractivity contribution in [1.82, 2.24) is 15.3 Å². The molecule has 1 aliphatic carbocycles. The van der Waals surface area contributed by atoms with Crippen LogP contribution in [0.3, 0.4) is 0 Å². The first-order chi connectivity index (χ1) is 12.2. The van der Waals surface area contributed by atoms with Crippen LogP contribution in [-0.2, 0) is 4.79 Å². The highest BCUT2D eigenvalue weighted by Gasteiger charge is 2.45. The van der Waals surface area contributed by atoms with Gasteiger partial charge in [0.1, 0.15) is 0 Å². The van der Waals surface area contributed by atoms with Crippen molar-refractivity contribution in [2.75, 3.05) is 18.0 Å². The summed E-state index contributed by atoms with van der Waals surface area (Å²) in [6, 6.07) is 10.5. The number of hydrogen-bond acceptors (Lipinski definition) is 4. The topological polar surface area (TPSA) is 58.1 Å². The molecule has 1 aromatic carbocycles. The molecule has 0 radical (unpaired) electrons. The summed E-state index contributed by atoms with van der Waals surface area (Å²) in [7, 11) is 0. The zero-order valence-electron chi connectivity index (χ0n) is 14.6. The van der Waals surface area contributed by atoms with Gasteiger partial charge < -0.3 is 10.2 Å². The molecule has 1 aliphatic heterocycles. The molecule has 1 aromatic heterocycles. The van der Waals surface area contributed by atoms with Crippen LogP contribution in [0.5, 0.6) is 0 Å². The van der Waals surface area contributed by atoms with Crippen LogP contribution in [0.15, 0.2) is 42.7 Å². The minimum absolute atomic E-state index is 0.150. The van der Waals surface area contributed by atoms with Gasteiger partial charge >= 0.3 is 0 Å². The minimum atomic E-state index is 0.150. The average molecular weight is 336 g/mol. The largest absolute Gasteiger partial charge is 0.353 e. The molecule has 4 rings (SSSR count). The van der Waals surface area contributed by atoms with Crippen LogP contribution in [-0.4, -0.2) is 35.0 Å². The van der Waals surface area contributed by atoms with Gasteiger partial charge in [-0.3, -0.25) is 4.79 Å². The molecule has 130 valence electrons. The van der Waals surface area contributed by atoms with Crippen LogP contribution in [0.4, 0.5) is 5.95 Å². The summed E-state index contributed by atoms with van der Waals surface area (Å²) in [5.74, 6) is 1.56. The standard InChI is InChI=1S/C20H24N4O/c1-14-5-2-3-6-16(14)17-13-18(17)19(25)23-15-7-11-24(12-8-15)20-21-9-4-10-22-20/h2-6,9-10,15,17-18H,7-8,11-13H2,1H3,(H,23,25)/t17-,18-/m1/s1. The van der Waals surface area contributed by atoms with E-state index in [-0.39, 0.29) is 17.9 Å². The number of rotatable bonds is 4. The molecule has 2 aromatic rings. The maximum atomic E-state index is 12.6. The molecule has 25 heavy (non-hydrogen) atoms. The Kier molecular flexibility index (Phi) is 4.38. The second-order valence-electron chi connectivity index (χ2n) is 7.12. The second-order valence-corrected chi connectivity index (χ2v) is 7.12. The molecule has 1 amide bonds. The molecule has 2 aliphatic rings. The van der Waals surface area contributed by atoms with E-state index in [0.29, 0.717) is 5.92 Å². The van der Waals surface area contributed by atoms with Crippen LogP contribution in [0.2, 0.25) is 0 Å². The number of aryl methyl sites for hydroxylation is 1. The number of amides is 1. The summed E-state index contributed by atoms with van der Waals surface area (Å²) in [6.07, 6.45) is 6.43. The number of anilines is 1. The number of benzene rings is 1. The van der Waals surface area contributed by atoms with Crippen LogP contribution >= 0.6 is 0 Å². The van der Waals surface area contributed by atoms with E-state index < -0.39 is 0 Å². The van der Waals surface area contributed by atoms with Crippen molar-refractivity contribution in [3.05, 3.63) is 53.9 Å². The Labute approximate surface area is 148 Å². The maximum absolute atomic E-state index is 12.6. The third-order valence-electron chi connectivity index (χ3n) is 5.39. The van der Waals surface area contributed by atoms with E-state index in [4.69, 9.17) is 0 Å². The first kappa shape index (κ1) is 16.1. The van der Waals surface area contributed by atoms with Crippen molar-refractivity contribution in [2.24, 2.45) is 5.92 Å². The molecule has 2 atom stereocenters. The Bertz CT molecular complexity index is 740. The number of aromatic nitrogens is 2. The predicted molar refractivity (Wildman–Crippen MR) is 97.4 cm³/mol. The summed E-state index contributed by atoms with van der Waals surface area (Å²) >= 11 is 0.